The summed E-state index contributed by atoms with van der Waals surface area (Å²) in [6, 6.07) is 3.74. The highest BCUT2D eigenvalue weighted by Gasteiger charge is 2.29. The molecule has 0 bridgehead atoms. The summed E-state index contributed by atoms with van der Waals surface area (Å²) in [4.78, 5) is 30.6. The van der Waals surface area contributed by atoms with Gasteiger partial charge in [0.2, 0.25) is 5.95 Å². The number of methoxy groups -OCH3 is 2. The molecule has 2 atom stereocenters. The quantitative estimate of drug-likeness (QED) is 0.517. The molecule has 1 aliphatic rings. The number of hydrogen-bond donors (Lipinski definition) is 2. The number of ether oxygens (including phenoxy) is 2. The van der Waals surface area contributed by atoms with Gasteiger partial charge in [-0.1, -0.05) is 27.7 Å². The minimum Gasteiger partial charge on any atom is -0.493 e. The van der Waals surface area contributed by atoms with Gasteiger partial charge in [0, 0.05) is 61.2 Å². The minimum atomic E-state index is -0.400. The van der Waals surface area contributed by atoms with Gasteiger partial charge in [-0.3, -0.25) is 9.79 Å². The Bertz CT molecular complexity index is 1140. The number of nitrogens with one attached hydrogen (secondary N) is 1. The van der Waals surface area contributed by atoms with Crippen molar-refractivity contribution in [2.24, 2.45) is 16.3 Å². The van der Waals surface area contributed by atoms with Crippen molar-refractivity contribution >= 4 is 34.5 Å². The molecular weight excluding hydrogens is 444 g/mol. The van der Waals surface area contributed by atoms with Crippen molar-refractivity contribution in [1.82, 2.24) is 15.0 Å². The number of carbonyl (C=O) groups excluding carboxylic acids is 1. The summed E-state index contributed by atoms with van der Waals surface area (Å²) in [7, 11) is 3.11. The number of nitrogens with zero attached hydrogens (tertiary/aromatic N) is 4. The molecular formula is C26H36N6O3. The van der Waals surface area contributed by atoms with Gasteiger partial charge in [0.05, 0.1) is 18.5 Å². The number of aromatic nitrogens is 3. The molecule has 0 saturated heterocycles. The number of hydrogen-bond acceptors (Lipinski definition) is 9. The number of Topliss-reactive ketones (excluding diaryl/α,β-unsaturated/α-hetero) is 1. The number of aliphatic imine (C=N–C) groups is 1. The number of pyridine rings is 1. The Morgan fingerprint density at radius 3 is 2.63 bits per heavy atom. The second-order valence-electron chi connectivity index (χ2n) is 9.92. The van der Waals surface area contributed by atoms with Crippen LogP contribution >= 0.6 is 0 Å². The molecule has 0 amide bonds. The first-order valence-electron chi connectivity index (χ1n) is 11.8. The van der Waals surface area contributed by atoms with Gasteiger partial charge in [-0.25, -0.2) is 15.0 Å². The van der Waals surface area contributed by atoms with E-state index in [9.17, 15) is 4.79 Å². The lowest BCUT2D eigenvalue weighted by atomic mass is 9.86. The molecule has 9 nitrogen and oxygen atoms in total. The van der Waals surface area contributed by atoms with E-state index in [0.717, 1.165) is 28.2 Å². The van der Waals surface area contributed by atoms with Crippen molar-refractivity contribution in [2.75, 3.05) is 31.8 Å². The topological polar surface area (TPSA) is 125 Å². The van der Waals surface area contributed by atoms with Crippen molar-refractivity contribution in [3.05, 3.63) is 35.8 Å². The van der Waals surface area contributed by atoms with E-state index in [1.54, 1.807) is 33.5 Å². The number of nitrogen functional groups attached to an aromatic ring is 1. The van der Waals surface area contributed by atoms with Gasteiger partial charge in [0.1, 0.15) is 6.10 Å². The van der Waals surface area contributed by atoms with Gasteiger partial charge in [-0.15, -0.1) is 0 Å². The van der Waals surface area contributed by atoms with E-state index in [-0.39, 0.29) is 17.1 Å². The maximum absolute atomic E-state index is 12.1. The molecule has 0 aromatic carbocycles. The molecule has 1 aliphatic heterocycles. The fraction of sp³-hybridized carbons (Fsp3) is 0.500. The molecule has 0 aliphatic carbocycles. The summed E-state index contributed by atoms with van der Waals surface area (Å²) in [5.74, 6) is 1.53. The summed E-state index contributed by atoms with van der Waals surface area (Å²) in [5.41, 5.74) is 10.3. The maximum atomic E-state index is 12.1. The molecule has 0 fully saturated rings. The summed E-state index contributed by atoms with van der Waals surface area (Å²) < 4.78 is 10.5. The van der Waals surface area contributed by atoms with Crippen molar-refractivity contribution in [3.8, 4) is 5.75 Å². The first-order chi connectivity index (χ1) is 16.5. The highest BCUT2D eigenvalue weighted by atomic mass is 16.5. The molecule has 0 unspecified atom stereocenters. The third-order valence-electron chi connectivity index (χ3n) is 6.05. The van der Waals surface area contributed by atoms with Gasteiger partial charge in [0.15, 0.2) is 17.4 Å². The number of allylic oxidation sites excluding steroid dienone is 1. The number of anilines is 2. The molecule has 9 heteroatoms. The zero-order chi connectivity index (χ0) is 25.8. The molecule has 35 heavy (non-hydrogen) atoms. The molecule has 2 aromatic heterocycles. The number of ketones is 1. The van der Waals surface area contributed by atoms with Gasteiger partial charge in [-0.05, 0) is 25.0 Å². The largest absolute Gasteiger partial charge is 0.493 e. The standard InChI is InChI=1S/C26H36N6O3/c1-15(10-20(33)16(2)34-6)13-30-25-28-9-8-19(31-25)18-12-22(26(3,4)5)32-23(18)17-11-21(35-7)24(27)29-14-17/h8-9,11,14-16H,10,12-13H2,1-7H3,(H2,27,29)(H,28,30,31)/t15-,16+/m1/s1. The number of carbonyl (C=O) groups is 1. The highest BCUT2D eigenvalue weighted by Crippen LogP contribution is 2.40. The van der Waals surface area contributed by atoms with Crippen LogP contribution in [0.5, 0.6) is 5.75 Å². The molecule has 188 valence electrons. The fourth-order valence-corrected chi connectivity index (χ4v) is 3.72. The Balaban J connectivity index is 1.87. The Hall–Kier alpha value is -3.33. The predicted molar refractivity (Wildman–Crippen MR) is 139 cm³/mol. The molecule has 0 saturated carbocycles. The van der Waals surface area contributed by atoms with Gasteiger partial charge < -0.3 is 20.5 Å². The lowest BCUT2D eigenvalue weighted by molar-refractivity contribution is -0.128. The lowest BCUT2D eigenvalue weighted by Gasteiger charge is -2.18. The predicted octanol–water partition coefficient (Wildman–Crippen LogP) is 4.26. The van der Waals surface area contributed by atoms with Gasteiger partial charge >= 0.3 is 0 Å². The van der Waals surface area contributed by atoms with Gasteiger partial charge in [0.25, 0.3) is 0 Å². The smallest absolute Gasteiger partial charge is 0.223 e. The van der Waals surface area contributed by atoms with Crippen molar-refractivity contribution in [3.63, 3.8) is 0 Å². The second kappa shape index (κ2) is 10.9. The first-order valence-corrected chi connectivity index (χ1v) is 11.8. The summed E-state index contributed by atoms with van der Waals surface area (Å²) in [6.07, 6.45) is 4.13. The molecule has 0 spiro atoms. The van der Waals surface area contributed by atoms with E-state index in [2.05, 4.69) is 36.1 Å². The summed E-state index contributed by atoms with van der Waals surface area (Å²) in [6.45, 7) is 10.8. The molecule has 3 rings (SSSR count). The Labute approximate surface area is 207 Å². The Kier molecular flexibility index (Phi) is 8.22. The minimum absolute atomic E-state index is 0.0802. The van der Waals surface area contributed by atoms with E-state index in [0.29, 0.717) is 36.9 Å². The third-order valence-corrected chi connectivity index (χ3v) is 6.05. The average molecular weight is 481 g/mol. The van der Waals surface area contributed by atoms with E-state index in [4.69, 9.17) is 25.2 Å². The Morgan fingerprint density at radius 2 is 1.97 bits per heavy atom. The highest BCUT2D eigenvalue weighted by molar-refractivity contribution is 6.11. The molecule has 3 heterocycles. The van der Waals surface area contributed by atoms with Crippen molar-refractivity contribution in [1.29, 1.82) is 0 Å². The van der Waals surface area contributed by atoms with Crippen molar-refractivity contribution < 1.29 is 14.3 Å². The fourth-order valence-electron chi connectivity index (χ4n) is 3.72. The van der Waals surface area contributed by atoms with Crippen LogP contribution in [0.25, 0.3) is 11.3 Å². The third kappa shape index (κ3) is 6.42. The molecule has 3 N–H and O–H groups in total. The second-order valence-corrected chi connectivity index (χ2v) is 9.92. The van der Waals surface area contributed by atoms with Gasteiger partial charge in [-0.2, -0.15) is 0 Å². The number of rotatable bonds is 10. The average Bonchev–Trinajstić information content (AvgIpc) is 3.29. The molecule has 2 aromatic rings. The zero-order valence-electron chi connectivity index (χ0n) is 21.7. The van der Waals surface area contributed by atoms with E-state index < -0.39 is 6.10 Å². The molecule has 0 radical (unpaired) electrons. The van der Waals surface area contributed by atoms with Crippen molar-refractivity contribution in [2.45, 2.75) is 53.6 Å². The maximum Gasteiger partial charge on any atom is 0.223 e. The van der Waals surface area contributed by atoms with Crippen LogP contribution < -0.4 is 15.8 Å². The SMILES string of the molecule is COc1cc(C2=C(c3ccnc(NC[C@H](C)CC(=O)[C@H](C)OC)n3)CC(C(C)(C)C)=N2)cnc1N. The van der Waals surface area contributed by atoms with Crippen LogP contribution in [0.4, 0.5) is 11.8 Å². The van der Waals surface area contributed by atoms with E-state index >= 15 is 0 Å². The van der Waals surface area contributed by atoms with Crippen LogP contribution in [0.3, 0.4) is 0 Å². The van der Waals surface area contributed by atoms with Crippen LogP contribution in [-0.4, -0.2) is 53.3 Å². The zero-order valence-corrected chi connectivity index (χ0v) is 21.7. The monoisotopic (exact) mass is 480 g/mol. The van der Waals surface area contributed by atoms with E-state index in [1.165, 1.54) is 0 Å². The van der Waals surface area contributed by atoms with Crippen LogP contribution in [0, 0.1) is 11.3 Å². The normalized spacial score (nSPS) is 15.6. The summed E-state index contributed by atoms with van der Waals surface area (Å²) >= 11 is 0. The van der Waals surface area contributed by atoms with E-state index in [1.807, 2.05) is 19.1 Å². The van der Waals surface area contributed by atoms with Crippen LogP contribution in [0.2, 0.25) is 0 Å². The van der Waals surface area contributed by atoms with Crippen LogP contribution in [0.15, 0.2) is 29.5 Å². The summed E-state index contributed by atoms with van der Waals surface area (Å²) in [5, 5.41) is 3.27. The Morgan fingerprint density at radius 1 is 1.23 bits per heavy atom. The number of nitrogens with two attached hydrogens (primary N) is 1. The lowest BCUT2D eigenvalue weighted by Crippen LogP contribution is -2.24. The van der Waals surface area contributed by atoms with Crippen LogP contribution in [0.1, 0.15) is 58.7 Å². The van der Waals surface area contributed by atoms with Crippen LogP contribution in [-0.2, 0) is 9.53 Å². The first kappa shape index (κ1) is 26.3.